The van der Waals surface area contributed by atoms with E-state index in [1.165, 1.54) is 38.5 Å². The highest BCUT2D eigenvalue weighted by Gasteiger charge is 2.44. The molecular formula is C18H32O3. The van der Waals surface area contributed by atoms with Gasteiger partial charge in [-0.25, -0.2) is 0 Å². The van der Waals surface area contributed by atoms with Crippen molar-refractivity contribution in [2.75, 3.05) is 6.61 Å². The molecule has 1 atom stereocenters. The molecule has 1 aliphatic rings. The second kappa shape index (κ2) is 9.37. The van der Waals surface area contributed by atoms with Crippen LogP contribution in [0.1, 0.15) is 78.6 Å². The fourth-order valence-electron chi connectivity index (χ4n) is 2.78. The van der Waals surface area contributed by atoms with E-state index in [9.17, 15) is 4.79 Å². The average molecular weight is 296 g/mol. The maximum Gasteiger partial charge on any atom is 0.163 e. The fourth-order valence-corrected chi connectivity index (χ4v) is 2.78. The molecule has 1 saturated heterocycles. The van der Waals surface area contributed by atoms with E-state index in [-0.39, 0.29) is 0 Å². The van der Waals surface area contributed by atoms with Crippen LogP contribution < -0.4 is 0 Å². The topological polar surface area (TPSA) is 35.5 Å². The van der Waals surface area contributed by atoms with Crippen LogP contribution in [0.15, 0.2) is 12.2 Å². The molecule has 0 saturated carbocycles. The summed E-state index contributed by atoms with van der Waals surface area (Å²) in [5.41, 5.74) is -0.455. The molecule has 3 heteroatoms. The zero-order valence-electron chi connectivity index (χ0n) is 14.0. The van der Waals surface area contributed by atoms with Gasteiger partial charge in [0.1, 0.15) is 11.9 Å². The summed E-state index contributed by atoms with van der Waals surface area (Å²) in [5, 5.41) is 0. The number of rotatable bonds is 11. The molecule has 3 nitrogen and oxygen atoms in total. The van der Waals surface area contributed by atoms with Crippen molar-refractivity contribution in [2.24, 2.45) is 0 Å². The third-order valence-electron chi connectivity index (χ3n) is 3.98. The van der Waals surface area contributed by atoms with Gasteiger partial charge >= 0.3 is 0 Å². The van der Waals surface area contributed by atoms with Crippen molar-refractivity contribution in [3.05, 3.63) is 12.2 Å². The summed E-state index contributed by atoms with van der Waals surface area (Å²) in [6.07, 6.45) is 15.5. The first-order chi connectivity index (χ1) is 10.0. The number of hydrogen-bond acceptors (Lipinski definition) is 3. The monoisotopic (exact) mass is 296 g/mol. The molecule has 0 bridgehead atoms. The maximum absolute atomic E-state index is 10.9. The Morgan fingerprint density at radius 1 is 1.00 bits per heavy atom. The minimum Gasteiger partial charge on any atom is -0.347 e. The van der Waals surface area contributed by atoms with Gasteiger partial charge in [0, 0.05) is 6.42 Å². The van der Waals surface area contributed by atoms with Gasteiger partial charge in [-0.15, -0.1) is 0 Å². The van der Waals surface area contributed by atoms with Gasteiger partial charge in [0.25, 0.3) is 0 Å². The van der Waals surface area contributed by atoms with Gasteiger partial charge in [0.15, 0.2) is 5.79 Å². The fraction of sp³-hybridized carbons (Fsp3) is 0.833. The number of aldehydes is 1. The number of hydrogen-bond donors (Lipinski definition) is 0. The van der Waals surface area contributed by atoms with Crippen molar-refractivity contribution in [1.29, 1.82) is 0 Å². The van der Waals surface area contributed by atoms with Gasteiger partial charge in [-0.3, -0.25) is 0 Å². The first-order valence-electron chi connectivity index (χ1n) is 8.46. The molecule has 1 aliphatic heterocycles. The molecule has 1 rings (SSSR count). The molecule has 0 spiro atoms. The van der Waals surface area contributed by atoms with Crippen LogP contribution in [0.25, 0.3) is 0 Å². The van der Waals surface area contributed by atoms with Gasteiger partial charge in [-0.05, 0) is 33.1 Å². The second-order valence-corrected chi connectivity index (χ2v) is 6.58. The predicted molar refractivity (Wildman–Crippen MR) is 86.3 cm³/mol. The lowest BCUT2D eigenvalue weighted by Crippen LogP contribution is -2.34. The van der Waals surface area contributed by atoms with E-state index in [0.717, 1.165) is 19.1 Å². The van der Waals surface area contributed by atoms with Crippen LogP contribution in [0.2, 0.25) is 0 Å². The van der Waals surface area contributed by atoms with Crippen LogP contribution in [-0.4, -0.2) is 24.3 Å². The van der Waals surface area contributed by atoms with Crippen molar-refractivity contribution in [3.63, 3.8) is 0 Å². The summed E-state index contributed by atoms with van der Waals surface area (Å²) >= 11 is 0. The summed E-state index contributed by atoms with van der Waals surface area (Å²) in [6, 6.07) is 0. The van der Waals surface area contributed by atoms with Crippen molar-refractivity contribution >= 4 is 6.29 Å². The molecule has 1 fully saturated rings. The molecule has 21 heavy (non-hydrogen) atoms. The van der Waals surface area contributed by atoms with Gasteiger partial charge in [-0.2, -0.15) is 0 Å². The van der Waals surface area contributed by atoms with E-state index in [4.69, 9.17) is 9.47 Å². The standard InChI is InChI=1S/C18H32O3/c1-4-5-6-7-8-9-10-11-12-13-18(14-15-19)16-20-17(2,3)21-18/h11-12,15H,4-10,13-14,16H2,1-3H3/b12-11-/t18-/m1/s1. The Morgan fingerprint density at radius 2 is 1.71 bits per heavy atom. The average Bonchev–Trinajstić information content (AvgIpc) is 2.73. The first kappa shape index (κ1) is 18.4. The van der Waals surface area contributed by atoms with Gasteiger partial charge in [-0.1, -0.05) is 51.2 Å². The predicted octanol–water partition coefficient (Wildman–Crippen LogP) is 4.79. The molecule has 0 N–H and O–H groups in total. The van der Waals surface area contributed by atoms with E-state index >= 15 is 0 Å². The van der Waals surface area contributed by atoms with Crippen molar-refractivity contribution in [3.8, 4) is 0 Å². The largest absolute Gasteiger partial charge is 0.347 e. The molecule has 0 amide bonds. The first-order valence-corrected chi connectivity index (χ1v) is 8.46. The quantitative estimate of drug-likeness (QED) is 0.312. The maximum atomic E-state index is 10.9. The lowest BCUT2D eigenvalue weighted by molar-refractivity contribution is -0.162. The minimum atomic E-state index is -0.573. The molecule has 1 heterocycles. The summed E-state index contributed by atoms with van der Waals surface area (Å²) in [6.45, 7) is 6.55. The van der Waals surface area contributed by atoms with E-state index in [0.29, 0.717) is 13.0 Å². The lowest BCUT2D eigenvalue weighted by atomic mass is 9.96. The third-order valence-corrected chi connectivity index (χ3v) is 3.98. The van der Waals surface area contributed by atoms with E-state index < -0.39 is 11.4 Å². The van der Waals surface area contributed by atoms with Gasteiger partial charge < -0.3 is 14.3 Å². The van der Waals surface area contributed by atoms with Crippen LogP contribution in [0.3, 0.4) is 0 Å². The van der Waals surface area contributed by atoms with Crippen LogP contribution >= 0.6 is 0 Å². The Hall–Kier alpha value is -0.670. The highest BCUT2D eigenvalue weighted by Crippen LogP contribution is 2.35. The molecule has 0 unspecified atom stereocenters. The lowest BCUT2D eigenvalue weighted by Gasteiger charge is -2.26. The summed E-state index contributed by atoms with van der Waals surface area (Å²) < 4.78 is 11.6. The van der Waals surface area contributed by atoms with Crippen molar-refractivity contribution in [2.45, 2.75) is 89.9 Å². The molecule has 122 valence electrons. The summed E-state index contributed by atoms with van der Waals surface area (Å²) in [5.74, 6) is -0.573. The van der Waals surface area contributed by atoms with Crippen LogP contribution in [0.4, 0.5) is 0 Å². The zero-order valence-corrected chi connectivity index (χ0v) is 14.0. The van der Waals surface area contributed by atoms with E-state index in [1.54, 1.807) is 0 Å². The molecule has 0 aromatic rings. The highest BCUT2D eigenvalue weighted by molar-refractivity contribution is 5.51. The molecule has 0 aromatic heterocycles. The summed E-state index contributed by atoms with van der Waals surface area (Å²) in [7, 11) is 0. The van der Waals surface area contributed by atoms with E-state index in [2.05, 4.69) is 19.1 Å². The SMILES string of the molecule is CCCCCCCC/C=C\C[C@@]1(CC=O)COC(C)(C)O1. The number of allylic oxidation sites excluding steroid dienone is 1. The molecular weight excluding hydrogens is 264 g/mol. The van der Waals surface area contributed by atoms with E-state index in [1.807, 2.05) is 13.8 Å². The van der Waals surface area contributed by atoms with Crippen LogP contribution in [0.5, 0.6) is 0 Å². The normalized spacial score (nSPS) is 24.7. The van der Waals surface area contributed by atoms with Crippen LogP contribution in [0, 0.1) is 0 Å². The number of carbonyl (C=O) groups is 1. The summed E-state index contributed by atoms with van der Waals surface area (Å²) in [4.78, 5) is 10.9. The number of carbonyl (C=O) groups excluding carboxylic acids is 1. The van der Waals surface area contributed by atoms with Crippen molar-refractivity contribution in [1.82, 2.24) is 0 Å². The third kappa shape index (κ3) is 7.23. The molecule has 0 radical (unpaired) electrons. The molecule has 0 aliphatic carbocycles. The minimum absolute atomic E-state index is 0.401. The second-order valence-electron chi connectivity index (χ2n) is 6.58. The molecule has 0 aromatic carbocycles. The van der Waals surface area contributed by atoms with Crippen molar-refractivity contribution < 1.29 is 14.3 Å². The Bertz CT molecular complexity index is 322. The van der Waals surface area contributed by atoms with Crippen LogP contribution in [-0.2, 0) is 14.3 Å². The zero-order chi connectivity index (χ0) is 15.6. The van der Waals surface area contributed by atoms with Gasteiger partial charge in [0.05, 0.1) is 6.61 Å². The Morgan fingerprint density at radius 3 is 2.33 bits per heavy atom. The number of unbranched alkanes of at least 4 members (excludes halogenated alkanes) is 6. The van der Waals surface area contributed by atoms with Gasteiger partial charge in [0.2, 0.25) is 0 Å². The Labute approximate surface area is 130 Å². The highest BCUT2D eigenvalue weighted by atomic mass is 16.8. The smallest absolute Gasteiger partial charge is 0.163 e. The number of ether oxygens (including phenoxy) is 2. The Kier molecular flexibility index (Phi) is 8.20. The Balaban J connectivity index is 2.22.